The van der Waals surface area contributed by atoms with Crippen molar-refractivity contribution in [3.05, 3.63) is 30.2 Å². The van der Waals surface area contributed by atoms with Crippen molar-refractivity contribution in [3.63, 3.8) is 0 Å². The summed E-state index contributed by atoms with van der Waals surface area (Å²) in [6, 6.07) is 1.98. The van der Waals surface area contributed by atoms with E-state index in [0.717, 1.165) is 75.9 Å². The molecule has 0 saturated carbocycles. The van der Waals surface area contributed by atoms with Crippen LogP contribution in [0.25, 0.3) is 0 Å². The second kappa shape index (κ2) is 8.62. The molecule has 2 aliphatic heterocycles. The molecule has 0 aliphatic carbocycles. The Morgan fingerprint density at radius 2 is 2.00 bits per heavy atom. The topological polar surface area (TPSA) is 58.6 Å². The normalized spacial score (nSPS) is 20.1. The van der Waals surface area contributed by atoms with E-state index in [4.69, 9.17) is 9.72 Å². The molecule has 3 rings (SSSR count). The van der Waals surface area contributed by atoms with Gasteiger partial charge in [0.1, 0.15) is 11.6 Å². The molecule has 1 amide bonds. The van der Waals surface area contributed by atoms with Crippen molar-refractivity contribution in [1.82, 2.24) is 14.9 Å². The molecule has 0 bridgehead atoms. The predicted octanol–water partition coefficient (Wildman–Crippen LogP) is 2.62. The minimum absolute atomic E-state index is 0.0185. The molecule has 26 heavy (non-hydrogen) atoms. The molecule has 1 aromatic heterocycles. The molecule has 2 aliphatic rings. The smallest absolute Gasteiger partial charge is 0.225 e. The number of amides is 1. The number of rotatable bonds is 5. The van der Waals surface area contributed by atoms with Crippen LogP contribution in [0.4, 0.5) is 5.82 Å². The first kappa shape index (κ1) is 18.8. The third-order valence-electron chi connectivity index (χ3n) is 5.24. The summed E-state index contributed by atoms with van der Waals surface area (Å²) < 4.78 is 5.42. The van der Waals surface area contributed by atoms with Crippen molar-refractivity contribution < 1.29 is 9.53 Å². The Hall–Kier alpha value is -1.95. The van der Waals surface area contributed by atoms with Gasteiger partial charge in [0.05, 0.1) is 13.2 Å². The summed E-state index contributed by atoms with van der Waals surface area (Å²) in [4.78, 5) is 26.2. The van der Waals surface area contributed by atoms with Gasteiger partial charge in [-0.1, -0.05) is 12.5 Å². The summed E-state index contributed by atoms with van der Waals surface area (Å²) in [5.74, 6) is 2.50. The van der Waals surface area contributed by atoms with Crippen LogP contribution in [0.1, 0.15) is 44.9 Å². The highest BCUT2D eigenvalue weighted by molar-refractivity contribution is 5.78. The van der Waals surface area contributed by atoms with Crippen LogP contribution in [-0.2, 0) is 9.53 Å². The molecule has 6 nitrogen and oxygen atoms in total. The standard InChI is InChI=1S/C20H30N4O2/c1-15(2)14-16(3)20(25)24-8-5-17(6-9-24)19-21-7-4-18(22-19)23-10-12-26-13-11-23/h4,7,16-17H,1,5-6,8-14H2,2-3H3/t16-/m0/s1. The fraction of sp³-hybridized carbons (Fsp3) is 0.650. The highest BCUT2D eigenvalue weighted by Crippen LogP contribution is 2.28. The average Bonchev–Trinajstić information content (AvgIpc) is 2.68. The van der Waals surface area contributed by atoms with Crippen molar-refractivity contribution in [1.29, 1.82) is 0 Å². The maximum absolute atomic E-state index is 12.6. The number of anilines is 1. The third kappa shape index (κ3) is 4.61. The number of ether oxygens (including phenoxy) is 1. The number of carbonyl (C=O) groups is 1. The number of hydrogen-bond acceptors (Lipinski definition) is 5. The summed E-state index contributed by atoms with van der Waals surface area (Å²) in [5.41, 5.74) is 1.06. The number of allylic oxidation sites excluding steroid dienone is 1. The van der Waals surface area contributed by atoms with E-state index in [0.29, 0.717) is 5.92 Å². The van der Waals surface area contributed by atoms with E-state index >= 15 is 0 Å². The predicted molar refractivity (Wildman–Crippen MR) is 102 cm³/mol. The van der Waals surface area contributed by atoms with E-state index < -0.39 is 0 Å². The number of hydrogen-bond donors (Lipinski definition) is 0. The minimum Gasteiger partial charge on any atom is -0.378 e. The average molecular weight is 358 g/mol. The van der Waals surface area contributed by atoms with Gasteiger partial charge in [0.15, 0.2) is 0 Å². The van der Waals surface area contributed by atoms with E-state index in [2.05, 4.69) is 16.5 Å². The van der Waals surface area contributed by atoms with Gasteiger partial charge in [-0.25, -0.2) is 9.97 Å². The van der Waals surface area contributed by atoms with Gasteiger partial charge >= 0.3 is 0 Å². The maximum Gasteiger partial charge on any atom is 0.225 e. The summed E-state index contributed by atoms with van der Waals surface area (Å²) in [7, 11) is 0. The molecular formula is C20H30N4O2. The summed E-state index contributed by atoms with van der Waals surface area (Å²) in [5, 5.41) is 0. The minimum atomic E-state index is 0.0185. The highest BCUT2D eigenvalue weighted by atomic mass is 16.5. The lowest BCUT2D eigenvalue weighted by molar-refractivity contribution is -0.136. The van der Waals surface area contributed by atoms with Crippen molar-refractivity contribution in [2.75, 3.05) is 44.3 Å². The zero-order valence-electron chi connectivity index (χ0n) is 16.0. The Bertz CT molecular complexity index is 634. The largest absolute Gasteiger partial charge is 0.378 e. The van der Waals surface area contributed by atoms with Gasteiger partial charge in [0.25, 0.3) is 0 Å². The number of morpholine rings is 1. The Balaban J connectivity index is 1.58. The molecule has 0 radical (unpaired) electrons. The molecule has 0 N–H and O–H groups in total. The van der Waals surface area contributed by atoms with Crippen molar-refractivity contribution in [2.24, 2.45) is 5.92 Å². The maximum atomic E-state index is 12.6. The van der Waals surface area contributed by atoms with Gasteiger partial charge in [0.2, 0.25) is 5.91 Å². The fourth-order valence-electron chi connectivity index (χ4n) is 3.81. The van der Waals surface area contributed by atoms with Gasteiger partial charge in [0, 0.05) is 44.2 Å². The first-order valence-electron chi connectivity index (χ1n) is 9.63. The van der Waals surface area contributed by atoms with Crippen LogP contribution >= 0.6 is 0 Å². The van der Waals surface area contributed by atoms with Gasteiger partial charge in [-0.3, -0.25) is 4.79 Å². The van der Waals surface area contributed by atoms with E-state index in [9.17, 15) is 4.79 Å². The molecular weight excluding hydrogens is 328 g/mol. The lowest BCUT2D eigenvalue weighted by Crippen LogP contribution is -2.41. The lowest BCUT2D eigenvalue weighted by atomic mass is 9.94. The number of piperidine rings is 1. The number of likely N-dealkylation sites (tertiary alicyclic amines) is 1. The Labute approximate surface area is 156 Å². The zero-order chi connectivity index (χ0) is 18.5. The molecule has 1 atom stereocenters. The van der Waals surface area contributed by atoms with Crippen LogP contribution < -0.4 is 4.90 Å². The van der Waals surface area contributed by atoms with E-state index in [1.54, 1.807) is 0 Å². The molecule has 0 unspecified atom stereocenters. The van der Waals surface area contributed by atoms with Crippen LogP contribution in [-0.4, -0.2) is 60.2 Å². The fourth-order valence-corrected chi connectivity index (χ4v) is 3.81. The number of aromatic nitrogens is 2. The SMILES string of the molecule is C=C(C)C[C@H](C)C(=O)N1CCC(c2nccc(N3CCOCC3)n2)CC1. The van der Waals surface area contributed by atoms with Crippen molar-refractivity contribution in [2.45, 2.75) is 39.0 Å². The van der Waals surface area contributed by atoms with Crippen LogP contribution in [0.5, 0.6) is 0 Å². The van der Waals surface area contributed by atoms with Crippen LogP contribution in [0.3, 0.4) is 0 Å². The Morgan fingerprint density at radius 1 is 1.31 bits per heavy atom. The molecule has 3 heterocycles. The third-order valence-corrected chi connectivity index (χ3v) is 5.24. The Kier molecular flexibility index (Phi) is 6.25. The number of nitrogens with zero attached hydrogens (tertiary/aromatic N) is 4. The highest BCUT2D eigenvalue weighted by Gasteiger charge is 2.28. The summed E-state index contributed by atoms with van der Waals surface area (Å²) >= 11 is 0. The molecule has 142 valence electrons. The van der Waals surface area contributed by atoms with Crippen LogP contribution in [0.15, 0.2) is 24.4 Å². The first-order chi connectivity index (χ1) is 12.5. The molecule has 2 saturated heterocycles. The van der Waals surface area contributed by atoms with Gasteiger partial charge in [-0.05, 0) is 32.3 Å². The van der Waals surface area contributed by atoms with E-state index in [1.165, 1.54) is 0 Å². The second-order valence-electron chi connectivity index (χ2n) is 7.53. The van der Waals surface area contributed by atoms with Gasteiger partial charge in [-0.2, -0.15) is 0 Å². The van der Waals surface area contributed by atoms with Gasteiger partial charge in [-0.15, -0.1) is 6.58 Å². The van der Waals surface area contributed by atoms with Crippen LogP contribution in [0, 0.1) is 5.92 Å². The molecule has 0 spiro atoms. The summed E-state index contributed by atoms with van der Waals surface area (Å²) in [6.07, 6.45) is 4.49. The van der Waals surface area contributed by atoms with Crippen LogP contribution in [0.2, 0.25) is 0 Å². The first-order valence-corrected chi connectivity index (χ1v) is 9.63. The molecule has 1 aromatic rings. The van der Waals surface area contributed by atoms with Crippen molar-refractivity contribution >= 4 is 11.7 Å². The van der Waals surface area contributed by atoms with Gasteiger partial charge < -0.3 is 14.5 Å². The molecule has 0 aromatic carbocycles. The second-order valence-corrected chi connectivity index (χ2v) is 7.53. The monoisotopic (exact) mass is 358 g/mol. The zero-order valence-corrected chi connectivity index (χ0v) is 16.0. The molecule has 2 fully saturated rings. The quantitative estimate of drug-likeness (QED) is 0.757. The Morgan fingerprint density at radius 3 is 2.65 bits per heavy atom. The molecule has 6 heteroatoms. The van der Waals surface area contributed by atoms with Crippen molar-refractivity contribution in [3.8, 4) is 0 Å². The van der Waals surface area contributed by atoms with E-state index in [1.807, 2.05) is 31.0 Å². The summed E-state index contributed by atoms with van der Waals surface area (Å²) in [6.45, 7) is 12.7. The van der Waals surface area contributed by atoms with E-state index in [-0.39, 0.29) is 11.8 Å². The lowest BCUT2D eigenvalue weighted by Gasteiger charge is -2.33. The number of carbonyl (C=O) groups excluding carboxylic acids is 1.